The molecule has 0 N–H and O–H groups in total. The third-order valence-corrected chi connectivity index (χ3v) is 5.60. The summed E-state index contributed by atoms with van der Waals surface area (Å²) in [5, 5.41) is 5.35. The summed E-state index contributed by atoms with van der Waals surface area (Å²) in [4.78, 5) is 14.9. The van der Waals surface area contributed by atoms with Crippen molar-refractivity contribution in [3.8, 4) is 5.75 Å². The highest BCUT2D eigenvalue weighted by atomic mass is 35.5. The highest BCUT2D eigenvalue weighted by Gasteiger charge is 2.27. The van der Waals surface area contributed by atoms with Crippen LogP contribution < -0.4 is 4.74 Å². The standard InChI is InChI=1S/C23H24ClN3O3/c1-26-22-10-11-27(23(28)17-4-3-5-19(12-17)29-2)13-20(22)21(25-26)15-30-14-16-6-8-18(24)9-7-16/h3-9,12H,10-11,13-15H2,1-2H3. The number of aryl methyl sites for hydroxylation is 1. The zero-order chi connectivity index (χ0) is 21.1. The van der Waals surface area contributed by atoms with Gasteiger partial charge in [0.1, 0.15) is 5.75 Å². The fraction of sp³-hybridized carbons (Fsp3) is 0.304. The number of methoxy groups -OCH3 is 1. The molecule has 1 aliphatic heterocycles. The molecule has 1 amide bonds. The van der Waals surface area contributed by atoms with E-state index < -0.39 is 0 Å². The number of amides is 1. The third kappa shape index (κ3) is 4.35. The van der Waals surface area contributed by atoms with Crippen LogP contribution in [0.1, 0.15) is 32.9 Å². The molecule has 156 valence electrons. The molecule has 7 heteroatoms. The Hall–Kier alpha value is -2.83. The van der Waals surface area contributed by atoms with Gasteiger partial charge in [-0.15, -0.1) is 0 Å². The number of hydrogen-bond donors (Lipinski definition) is 0. The number of carbonyl (C=O) groups excluding carboxylic acids is 1. The van der Waals surface area contributed by atoms with Gasteiger partial charge in [0.15, 0.2) is 0 Å². The van der Waals surface area contributed by atoms with Crippen LogP contribution in [0, 0.1) is 0 Å². The lowest BCUT2D eigenvalue weighted by Crippen LogP contribution is -2.36. The number of fused-ring (bicyclic) bond motifs is 1. The van der Waals surface area contributed by atoms with Crippen molar-refractivity contribution in [2.24, 2.45) is 7.05 Å². The number of carbonyl (C=O) groups is 1. The van der Waals surface area contributed by atoms with Crippen molar-refractivity contribution in [1.29, 1.82) is 0 Å². The van der Waals surface area contributed by atoms with E-state index in [1.807, 2.05) is 59.1 Å². The minimum absolute atomic E-state index is 0.00330. The van der Waals surface area contributed by atoms with Crippen molar-refractivity contribution in [1.82, 2.24) is 14.7 Å². The van der Waals surface area contributed by atoms with Crippen LogP contribution in [0.25, 0.3) is 0 Å². The second kappa shape index (κ2) is 8.90. The van der Waals surface area contributed by atoms with Crippen molar-refractivity contribution in [3.05, 3.63) is 81.6 Å². The summed E-state index contributed by atoms with van der Waals surface area (Å²) < 4.78 is 13.1. The van der Waals surface area contributed by atoms with Gasteiger partial charge in [-0.1, -0.05) is 29.8 Å². The third-order valence-electron chi connectivity index (χ3n) is 5.35. The van der Waals surface area contributed by atoms with Gasteiger partial charge >= 0.3 is 0 Å². The van der Waals surface area contributed by atoms with E-state index in [-0.39, 0.29) is 5.91 Å². The molecule has 4 rings (SSSR count). The van der Waals surface area contributed by atoms with Crippen molar-refractivity contribution < 1.29 is 14.3 Å². The lowest BCUT2D eigenvalue weighted by atomic mass is 10.0. The number of hydrogen-bond acceptors (Lipinski definition) is 4. The van der Waals surface area contributed by atoms with Gasteiger partial charge in [-0.3, -0.25) is 9.48 Å². The van der Waals surface area contributed by atoms with Crippen LogP contribution in [-0.2, 0) is 38.0 Å². The van der Waals surface area contributed by atoms with Crippen molar-refractivity contribution in [2.45, 2.75) is 26.2 Å². The largest absolute Gasteiger partial charge is 0.497 e. The maximum Gasteiger partial charge on any atom is 0.254 e. The molecule has 2 heterocycles. The number of benzene rings is 2. The zero-order valence-corrected chi connectivity index (χ0v) is 17.9. The molecule has 1 aliphatic rings. The lowest BCUT2D eigenvalue weighted by molar-refractivity contribution is 0.0727. The Morgan fingerprint density at radius 3 is 2.73 bits per heavy atom. The molecule has 0 radical (unpaired) electrons. The van der Waals surface area contributed by atoms with Crippen LogP contribution in [0.5, 0.6) is 5.75 Å². The molecule has 0 saturated heterocycles. The summed E-state index contributed by atoms with van der Waals surface area (Å²) in [6, 6.07) is 14.9. The van der Waals surface area contributed by atoms with Gasteiger partial charge < -0.3 is 14.4 Å². The van der Waals surface area contributed by atoms with Crippen LogP contribution in [0.4, 0.5) is 0 Å². The van der Waals surface area contributed by atoms with Crippen molar-refractivity contribution in [2.75, 3.05) is 13.7 Å². The Morgan fingerprint density at radius 2 is 1.97 bits per heavy atom. The first-order valence-corrected chi connectivity index (χ1v) is 10.2. The van der Waals surface area contributed by atoms with E-state index in [1.54, 1.807) is 13.2 Å². The molecule has 2 aromatic carbocycles. The zero-order valence-electron chi connectivity index (χ0n) is 17.1. The average molecular weight is 426 g/mol. The van der Waals surface area contributed by atoms with Gasteiger partial charge in [0.25, 0.3) is 5.91 Å². The minimum Gasteiger partial charge on any atom is -0.497 e. The second-order valence-electron chi connectivity index (χ2n) is 7.32. The molecule has 0 aliphatic carbocycles. The number of nitrogens with zero attached hydrogens (tertiary/aromatic N) is 3. The van der Waals surface area contributed by atoms with Gasteiger partial charge in [-0.25, -0.2) is 0 Å². The topological polar surface area (TPSA) is 56.6 Å². The Balaban J connectivity index is 1.45. The summed E-state index contributed by atoms with van der Waals surface area (Å²) in [6.07, 6.45) is 0.770. The Morgan fingerprint density at radius 1 is 1.17 bits per heavy atom. The molecule has 6 nitrogen and oxygen atoms in total. The number of aromatic nitrogens is 2. The fourth-order valence-corrected chi connectivity index (χ4v) is 3.87. The summed E-state index contributed by atoms with van der Waals surface area (Å²) >= 11 is 5.93. The average Bonchev–Trinajstić information content (AvgIpc) is 3.09. The van der Waals surface area contributed by atoms with E-state index >= 15 is 0 Å². The van der Waals surface area contributed by atoms with Crippen LogP contribution in [-0.4, -0.2) is 34.2 Å². The summed E-state index contributed by atoms with van der Waals surface area (Å²) in [7, 11) is 3.55. The number of halogens is 1. The van der Waals surface area contributed by atoms with Gasteiger partial charge in [-0.2, -0.15) is 5.10 Å². The molecule has 30 heavy (non-hydrogen) atoms. The monoisotopic (exact) mass is 425 g/mol. The van der Waals surface area contributed by atoms with Gasteiger partial charge in [0.05, 0.1) is 26.0 Å². The van der Waals surface area contributed by atoms with Gasteiger partial charge in [0, 0.05) is 48.4 Å². The Bertz CT molecular complexity index is 1050. The van der Waals surface area contributed by atoms with Gasteiger partial charge in [0.2, 0.25) is 0 Å². The van der Waals surface area contributed by atoms with E-state index in [2.05, 4.69) is 5.10 Å². The van der Waals surface area contributed by atoms with E-state index in [1.165, 1.54) is 0 Å². The van der Waals surface area contributed by atoms with Crippen LogP contribution in [0.2, 0.25) is 5.02 Å². The van der Waals surface area contributed by atoms with Crippen molar-refractivity contribution >= 4 is 17.5 Å². The maximum atomic E-state index is 13.0. The highest BCUT2D eigenvalue weighted by Crippen LogP contribution is 2.25. The number of ether oxygens (including phenoxy) is 2. The molecule has 0 bridgehead atoms. The highest BCUT2D eigenvalue weighted by molar-refractivity contribution is 6.30. The van der Waals surface area contributed by atoms with E-state index in [9.17, 15) is 4.79 Å². The minimum atomic E-state index is -0.00330. The van der Waals surface area contributed by atoms with Gasteiger partial charge in [-0.05, 0) is 35.9 Å². The normalized spacial score (nSPS) is 13.2. The molecule has 1 aromatic heterocycles. The first-order valence-electron chi connectivity index (χ1n) is 9.84. The lowest BCUT2D eigenvalue weighted by Gasteiger charge is -2.28. The van der Waals surface area contributed by atoms with Crippen LogP contribution >= 0.6 is 11.6 Å². The quantitative estimate of drug-likeness (QED) is 0.599. The Labute approximate surface area is 181 Å². The predicted molar refractivity (Wildman–Crippen MR) is 115 cm³/mol. The summed E-state index contributed by atoms with van der Waals surface area (Å²) in [6.45, 7) is 2.06. The second-order valence-corrected chi connectivity index (χ2v) is 7.76. The maximum absolute atomic E-state index is 13.0. The summed E-state index contributed by atoms with van der Waals surface area (Å²) in [5.74, 6) is 0.674. The van der Waals surface area contributed by atoms with E-state index in [4.69, 9.17) is 21.1 Å². The number of rotatable bonds is 6. The molecule has 3 aromatic rings. The smallest absolute Gasteiger partial charge is 0.254 e. The predicted octanol–water partition coefficient (Wildman–Crippen LogP) is 4.00. The molecule has 0 fully saturated rings. The summed E-state index contributed by atoms with van der Waals surface area (Å²) in [5.41, 5.74) is 4.80. The molecule has 0 atom stereocenters. The first-order chi connectivity index (χ1) is 14.5. The SMILES string of the molecule is COc1cccc(C(=O)N2CCc3c(c(COCc4ccc(Cl)cc4)nn3C)C2)c1. The van der Waals surface area contributed by atoms with E-state index in [0.717, 1.165) is 28.9 Å². The first kappa shape index (κ1) is 20.4. The molecule has 0 saturated carbocycles. The fourth-order valence-electron chi connectivity index (χ4n) is 3.74. The molecular formula is C23H24ClN3O3. The van der Waals surface area contributed by atoms with Crippen LogP contribution in [0.15, 0.2) is 48.5 Å². The van der Waals surface area contributed by atoms with Crippen molar-refractivity contribution in [3.63, 3.8) is 0 Å². The van der Waals surface area contributed by atoms with Crippen LogP contribution in [0.3, 0.4) is 0 Å². The molecular weight excluding hydrogens is 402 g/mol. The van der Waals surface area contributed by atoms with E-state index in [0.29, 0.717) is 42.6 Å². The Kier molecular flexibility index (Phi) is 6.06. The molecule has 0 unspecified atom stereocenters. The molecule has 0 spiro atoms.